The van der Waals surface area contributed by atoms with Crippen molar-refractivity contribution in [1.29, 1.82) is 0 Å². The largest absolute Gasteiger partial charge is 0.299 e. The Hall–Kier alpha value is -1.15. The maximum atomic E-state index is 12.7. The van der Waals surface area contributed by atoms with Crippen LogP contribution in [0.3, 0.4) is 0 Å². The van der Waals surface area contributed by atoms with Gasteiger partial charge in [0.05, 0.1) is 0 Å². The van der Waals surface area contributed by atoms with Crippen LogP contribution in [0.4, 0.5) is 0 Å². The highest BCUT2D eigenvalue weighted by Gasteiger charge is 2.45. The first kappa shape index (κ1) is 12.9. The molecule has 0 N–H and O–H groups in total. The third kappa shape index (κ3) is 2.12. The Bertz CT molecular complexity index is 456. The average Bonchev–Trinajstić information content (AvgIpc) is 2.46. The lowest BCUT2D eigenvalue weighted by Gasteiger charge is -2.49. The zero-order valence-corrected chi connectivity index (χ0v) is 11.9. The van der Waals surface area contributed by atoms with Gasteiger partial charge in [-0.1, -0.05) is 50.1 Å². The molecule has 1 aliphatic heterocycles. The fourth-order valence-corrected chi connectivity index (χ4v) is 4.16. The molecule has 1 aromatic carbocycles. The molecule has 1 aliphatic carbocycles. The second-order valence-corrected chi connectivity index (χ2v) is 6.17. The molecule has 1 saturated heterocycles. The van der Waals surface area contributed by atoms with E-state index in [2.05, 4.69) is 43.1 Å². The summed E-state index contributed by atoms with van der Waals surface area (Å²) in [5, 5.41) is 0. The second-order valence-electron chi connectivity index (χ2n) is 6.17. The smallest absolute Gasteiger partial charge is 0.142 e. The highest BCUT2D eigenvalue weighted by atomic mass is 16.1. The highest BCUT2D eigenvalue weighted by Crippen LogP contribution is 2.43. The first-order chi connectivity index (χ1) is 9.20. The van der Waals surface area contributed by atoms with Gasteiger partial charge in [-0.15, -0.1) is 0 Å². The molecule has 0 radical (unpaired) electrons. The monoisotopic (exact) mass is 257 g/mol. The number of carbonyl (C=O) groups is 1. The second kappa shape index (κ2) is 5.09. The SMILES string of the molecule is CC1C(=O)C2CCCCC2N(C)C1c1ccccc1. The van der Waals surface area contributed by atoms with Crippen LogP contribution in [0, 0.1) is 11.8 Å². The van der Waals surface area contributed by atoms with E-state index in [4.69, 9.17) is 0 Å². The maximum Gasteiger partial charge on any atom is 0.142 e. The average molecular weight is 257 g/mol. The molecule has 2 heteroatoms. The molecule has 2 fully saturated rings. The Morgan fingerprint density at radius 1 is 1.11 bits per heavy atom. The molecule has 4 atom stereocenters. The van der Waals surface area contributed by atoms with E-state index in [-0.39, 0.29) is 17.9 Å². The normalized spacial score (nSPS) is 36.0. The van der Waals surface area contributed by atoms with Gasteiger partial charge in [-0.3, -0.25) is 9.69 Å². The van der Waals surface area contributed by atoms with Crippen LogP contribution in [-0.4, -0.2) is 23.8 Å². The molecule has 0 spiro atoms. The number of piperidine rings is 1. The van der Waals surface area contributed by atoms with Gasteiger partial charge in [0.25, 0.3) is 0 Å². The number of benzene rings is 1. The minimum Gasteiger partial charge on any atom is -0.299 e. The molecule has 1 heterocycles. The predicted octanol–water partition coefficient (Wildman–Crippen LogP) is 3.44. The van der Waals surface area contributed by atoms with Gasteiger partial charge in [-0.25, -0.2) is 0 Å². The van der Waals surface area contributed by atoms with E-state index < -0.39 is 0 Å². The summed E-state index contributed by atoms with van der Waals surface area (Å²) in [5.41, 5.74) is 1.29. The molecular weight excluding hydrogens is 234 g/mol. The lowest BCUT2D eigenvalue weighted by atomic mass is 9.70. The first-order valence-electron chi connectivity index (χ1n) is 7.50. The number of hydrogen-bond donors (Lipinski definition) is 0. The molecule has 0 amide bonds. The topological polar surface area (TPSA) is 20.3 Å². The van der Waals surface area contributed by atoms with Crippen LogP contribution >= 0.6 is 0 Å². The van der Waals surface area contributed by atoms with Crippen molar-refractivity contribution >= 4 is 5.78 Å². The number of likely N-dealkylation sites (tertiary alicyclic amines) is 1. The van der Waals surface area contributed by atoms with Crippen molar-refractivity contribution in [2.24, 2.45) is 11.8 Å². The standard InChI is InChI=1S/C17H23NO/c1-12-16(13-8-4-3-5-9-13)18(2)15-11-7-6-10-14(15)17(12)19/h3-5,8-9,12,14-16H,6-7,10-11H2,1-2H3. The highest BCUT2D eigenvalue weighted by molar-refractivity contribution is 5.85. The zero-order valence-electron chi connectivity index (χ0n) is 11.9. The van der Waals surface area contributed by atoms with Crippen molar-refractivity contribution in [3.8, 4) is 0 Å². The number of rotatable bonds is 1. The van der Waals surface area contributed by atoms with Crippen molar-refractivity contribution < 1.29 is 4.79 Å². The van der Waals surface area contributed by atoms with E-state index in [0.29, 0.717) is 11.8 Å². The van der Waals surface area contributed by atoms with Crippen molar-refractivity contribution in [3.05, 3.63) is 35.9 Å². The molecule has 1 aromatic rings. The molecule has 0 aromatic heterocycles. The lowest BCUT2D eigenvalue weighted by molar-refractivity contribution is -0.139. The predicted molar refractivity (Wildman–Crippen MR) is 76.9 cm³/mol. The van der Waals surface area contributed by atoms with E-state index >= 15 is 0 Å². The molecule has 2 aliphatic rings. The Labute approximate surface area is 115 Å². The van der Waals surface area contributed by atoms with Crippen LogP contribution in [-0.2, 0) is 4.79 Å². The Balaban J connectivity index is 1.94. The minimum absolute atomic E-state index is 0.117. The van der Waals surface area contributed by atoms with E-state index in [1.54, 1.807) is 0 Å². The summed E-state index contributed by atoms with van der Waals surface area (Å²) in [6.07, 6.45) is 4.78. The van der Waals surface area contributed by atoms with Crippen LogP contribution in [0.2, 0.25) is 0 Å². The third-order valence-electron chi connectivity index (χ3n) is 5.12. The number of hydrogen-bond acceptors (Lipinski definition) is 2. The number of nitrogens with zero attached hydrogens (tertiary/aromatic N) is 1. The van der Waals surface area contributed by atoms with E-state index in [9.17, 15) is 4.79 Å². The summed E-state index contributed by atoms with van der Waals surface area (Å²) < 4.78 is 0. The summed E-state index contributed by atoms with van der Waals surface area (Å²) in [4.78, 5) is 15.1. The van der Waals surface area contributed by atoms with Gasteiger partial charge in [0.1, 0.15) is 5.78 Å². The molecule has 3 rings (SSSR count). The van der Waals surface area contributed by atoms with E-state index in [1.807, 2.05) is 6.07 Å². The molecule has 1 saturated carbocycles. The maximum absolute atomic E-state index is 12.7. The van der Waals surface area contributed by atoms with Crippen LogP contribution in [0.25, 0.3) is 0 Å². The van der Waals surface area contributed by atoms with E-state index in [1.165, 1.54) is 24.8 Å². The van der Waals surface area contributed by atoms with Gasteiger partial charge >= 0.3 is 0 Å². The van der Waals surface area contributed by atoms with Crippen molar-refractivity contribution in [2.75, 3.05) is 7.05 Å². The zero-order chi connectivity index (χ0) is 13.4. The summed E-state index contributed by atoms with van der Waals surface area (Å²) in [6, 6.07) is 11.2. The number of Topliss-reactive ketones (excluding diaryl/α,β-unsaturated/α-hetero) is 1. The van der Waals surface area contributed by atoms with Crippen molar-refractivity contribution in [3.63, 3.8) is 0 Å². The van der Waals surface area contributed by atoms with E-state index in [0.717, 1.165) is 6.42 Å². The quantitative estimate of drug-likeness (QED) is 0.768. The molecule has 0 bridgehead atoms. The number of ketones is 1. The molecule has 102 valence electrons. The van der Waals surface area contributed by atoms with Gasteiger partial charge in [-0.2, -0.15) is 0 Å². The van der Waals surface area contributed by atoms with Gasteiger partial charge in [0, 0.05) is 23.9 Å². The summed E-state index contributed by atoms with van der Waals surface area (Å²) in [5.74, 6) is 0.900. The van der Waals surface area contributed by atoms with Crippen LogP contribution in [0.1, 0.15) is 44.2 Å². The number of carbonyl (C=O) groups excluding carboxylic acids is 1. The molecule has 19 heavy (non-hydrogen) atoms. The first-order valence-corrected chi connectivity index (χ1v) is 7.50. The molecular formula is C17H23NO. The van der Waals surface area contributed by atoms with Gasteiger partial charge < -0.3 is 0 Å². The summed E-state index contributed by atoms with van der Waals surface area (Å²) in [7, 11) is 2.21. The van der Waals surface area contributed by atoms with Gasteiger partial charge in [0.15, 0.2) is 0 Å². The Morgan fingerprint density at radius 2 is 1.79 bits per heavy atom. The third-order valence-corrected chi connectivity index (χ3v) is 5.12. The van der Waals surface area contributed by atoms with Crippen molar-refractivity contribution in [1.82, 2.24) is 4.90 Å². The summed E-state index contributed by atoms with van der Waals surface area (Å²) >= 11 is 0. The molecule has 4 unspecified atom stereocenters. The van der Waals surface area contributed by atoms with Crippen LogP contribution in [0.5, 0.6) is 0 Å². The Morgan fingerprint density at radius 3 is 2.53 bits per heavy atom. The van der Waals surface area contributed by atoms with Gasteiger partial charge in [0.2, 0.25) is 0 Å². The number of fused-ring (bicyclic) bond motifs is 1. The van der Waals surface area contributed by atoms with Crippen molar-refractivity contribution in [2.45, 2.75) is 44.7 Å². The van der Waals surface area contributed by atoms with Gasteiger partial charge in [-0.05, 0) is 25.5 Å². The Kier molecular flexibility index (Phi) is 3.44. The molecule has 2 nitrogen and oxygen atoms in total. The fraction of sp³-hybridized carbons (Fsp3) is 0.588. The fourth-order valence-electron chi connectivity index (χ4n) is 4.16. The minimum atomic E-state index is 0.117. The van der Waals surface area contributed by atoms with Crippen LogP contribution in [0.15, 0.2) is 30.3 Å². The lowest BCUT2D eigenvalue weighted by Crippen LogP contribution is -2.54. The van der Waals surface area contributed by atoms with Crippen LogP contribution < -0.4 is 0 Å². The summed E-state index contributed by atoms with van der Waals surface area (Å²) in [6.45, 7) is 2.11.